The van der Waals surface area contributed by atoms with E-state index in [0.29, 0.717) is 23.7 Å². The van der Waals surface area contributed by atoms with Crippen molar-refractivity contribution in [2.75, 3.05) is 13.2 Å². The molecule has 0 aromatic carbocycles. The minimum Gasteiger partial charge on any atom is -0.391 e. The second-order valence-electron chi connectivity index (χ2n) is 6.27. The molecule has 0 atom stereocenters. The molecule has 1 aromatic heterocycles. The van der Waals surface area contributed by atoms with Crippen molar-refractivity contribution in [2.24, 2.45) is 22.5 Å². The lowest BCUT2D eigenvalue weighted by atomic mass is 9.82. The fraction of sp³-hybridized carbons (Fsp3) is 0.625. The van der Waals surface area contributed by atoms with E-state index in [9.17, 15) is 9.59 Å². The van der Waals surface area contributed by atoms with Gasteiger partial charge in [0.25, 0.3) is 5.56 Å². The van der Waals surface area contributed by atoms with Gasteiger partial charge in [0, 0.05) is 11.9 Å². The van der Waals surface area contributed by atoms with Gasteiger partial charge >= 0.3 is 0 Å². The highest BCUT2D eigenvalue weighted by molar-refractivity contribution is 5.76. The van der Waals surface area contributed by atoms with Gasteiger partial charge in [-0.3, -0.25) is 14.6 Å². The number of hydrogen-bond acceptors (Lipinski definition) is 5. The molecule has 9 heteroatoms. The van der Waals surface area contributed by atoms with Crippen molar-refractivity contribution in [3.05, 3.63) is 27.9 Å². The van der Waals surface area contributed by atoms with Gasteiger partial charge in [0.1, 0.15) is 18.8 Å². The monoisotopic (exact) mass is 350 g/mol. The Labute approximate surface area is 146 Å². The van der Waals surface area contributed by atoms with E-state index in [1.54, 1.807) is 13.1 Å². The van der Waals surface area contributed by atoms with Gasteiger partial charge in [0.2, 0.25) is 11.9 Å². The Morgan fingerprint density at radius 2 is 2.24 bits per heavy atom. The quantitative estimate of drug-likeness (QED) is 0.240. The number of aryl methyl sites for hydroxylation is 2. The lowest BCUT2D eigenvalue weighted by Crippen LogP contribution is -2.36. The molecule has 0 spiro atoms. The smallest absolute Gasteiger partial charge is 0.272 e. The van der Waals surface area contributed by atoms with Crippen LogP contribution in [0.5, 0.6) is 0 Å². The van der Waals surface area contributed by atoms with E-state index in [0.717, 1.165) is 6.42 Å². The molecule has 1 aromatic rings. The molecule has 1 aliphatic rings. The van der Waals surface area contributed by atoms with E-state index in [4.69, 9.17) is 16.3 Å². The molecule has 0 bridgehead atoms. The van der Waals surface area contributed by atoms with Gasteiger partial charge < -0.3 is 26.2 Å². The molecule has 0 radical (unpaired) electrons. The Morgan fingerprint density at radius 3 is 2.88 bits per heavy atom. The molecule has 1 aliphatic carbocycles. The maximum atomic E-state index is 12.5. The van der Waals surface area contributed by atoms with Crippen molar-refractivity contribution in [1.82, 2.24) is 14.9 Å². The number of nitrogens with zero attached hydrogens (tertiary/aromatic N) is 3. The summed E-state index contributed by atoms with van der Waals surface area (Å²) in [4.78, 5) is 33.6. The van der Waals surface area contributed by atoms with Crippen LogP contribution in [-0.2, 0) is 22.6 Å². The van der Waals surface area contributed by atoms with Crippen molar-refractivity contribution < 1.29 is 9.63 Å². The maximum Gasteiger partial charge on any atom is 0.272 e. The van der Waals surface area contributed by atoms with E-state index < -0.39 is 0 Å². The van der Waals surface area contributed by atoms with Gasteiger partial charge in [0.05, 0.1) is 6.54 Å². The number of aromatic nitrogens is 2. The molecular formula is C16H26N6O3. The minimum atomic E-state index is -0.283. The highest BCUT2D eigenvalue weighted by Crippen LogP contribution is 2.29. The number of rotatable bonds is 9. The predicted molar refractivity (Wildman–Crippen MR) is 93.7 cm³/mol. The molecule has 0 saturated heterocycles. The van der Waals surface area contributed by atoms with Crippen LogP contribution >= 0.6 is 0 Å². The Balaban J connectivity index is 1.87. The number of guanidine groups is 1. The zero-order chi connectivity index (χ0) is 18.2. The molecule has 25 heavy (non-hydrogen) atoms. The summed E-state index contributed by atoms with van der Waals surface area (Å²) < 4.78 is 1.45. The second-order valence-corrected chi connectivity index (χ2v) is 6.27. The second kappa shape index (κ2) is 9.05. The number of hydrogen-bond donors (Lipinski definition) is 3. The van der Waals surface area contributed by atoms with Crippen molar-refractivity contribution in [2.45, 2.75) is 45.6 Å². The summed E-state index contributed by atoms with van der Waals surface area (Å²) in [5.74, 6) is 0.249. The van der Waals surface area contributed by atoms with Crippen LogP contribution in [0.2, 0.25) is 0 Å². The van der Waals surface area contributed by atoms with E-state index in [-0.39, 0.29) is 37.1 Å². The first-order chi connectivity index (χ1) is 12.0. The first-order valence-corrected chi connectivity index (χ1v) is 8.50. The van der Waals surface area contributed by atoms with Crippen LogP contribution in [0.3, 0.4) is 0 Å². The highest BCUT2D eigenvalue weighted by atomic mass is 16.6. The summed E-state index contributed by atoms with van der Waals surface area (Å²) in [6.07, 6.45) is 7.06. The van der Waals surface area contributed by atoms with Crippen molar-refractivity contribution >= 4 is 11.9 Å². The number of carbonyl (C=O) groups is 1. The van der Waals surface area contributed by atoms with E-state index >= 15 is 0 Å². The third kappa shape index (κ3) is 5.77. The summed E-state index contributed by atoms with van der Waals surface area (Å²) >= 11 is 0. The molecule has 1 amide bonds. The van der Waals surface area contributed by atoms with Crippen LogP contribution in [0.1, 0.15) is 37.1 Å². The van der Waals surface area contributed by atoms with Gasteiger partial charge in [0.15, 0.2) is 0 Å². The average molecular weight is 350 g/mol. The molecule has 0 aliphatic heterocycles. The Bertz CT molecular complexity index is 677. The topological polar surface area (TPSA) is 138 Å². The molecule has 1 fully saturated rings. The predicted octanol–water partition coefficient (Wildman–Crippen LogP) is -0.394. The standard InChI is InChI=1S/C16H26N6O3/c1-11-9-20-13(6-5-12-3-2-4-12)15(24)22(11)10-14(23)19-7-8-25-21-16(17)18/h9,12H,2-8,10H2,1H3,(H,19,23)(H4,17,18,21). The first kappa shape index (κ1) is 18.8. The molecular weight excluding hydrogens is 324 g/mol. The molecule has 9 nitrogen and oxygen atoms in total. The molecule has 1 saturated carbocycles. The Morgan fingerprint density at radius 1 is 1.48 bits per heavy atom. The van der Waals surface area contributed by atoms with Crippen molar-refractivity contribution in [1.29, 1.82) is 0 Å². The largest absolute Gasteiger partial charge is 0.391 e. The number of carbonyl (C=O) groups excluding carboxylic acids is 1. The van der Waals surface area contributed by atoms with E-state index in [1.807, 2.05) is 0 Å². The van der Waals surface area contributed by atoms with Crippen LogP contribution in [0.4, 0.5) is 0 Å². The van der Waals surface area contributed by atoms with Crippen LogP contribution in [0, 0.1) is 12.8 Å². The summed E-state index contributed by atoms with van der Waals surface area (Å²) in [6.45, 7) is 2.09. The molecule has 1 heterocycles. The normalized spacial score (nSPS) is 13.8. The highest BCUT2D eigenvalue weighted by Gasteiger charge is 2.19. The SMILES string of the molecule is Cc1cnc(CCC2CCC2)c(=O)n1CC(=O)NCCON=C(N)N. The first-order valence-electron chi connectivity index (χ1n) is 8.50. The Kier molecular flexibility index (Phi) is 6.79. The van der Waals surface area contributed by atoms with Crippen LogP contribution in [0.15, 0.2) is 16.1 Å². The van der Waals surface area contributed by atoms with Gasteiger partial charge in [-0.05, 0) is 30.8 Å². The maximum absolute atomic E-state index is 12.5. The number of nitrogens with two attached hydrogens (primary N) is 2. The number of nitrogens with one attached hydrogen (secondary N) is 1. The summed E-state index contributed by atoms with van der Waals surface area (Å²) in [5, 5.41) is 6.00. The molecule has 138 valence electrons. The third-order valence-electron chi connectivity index (χ3n) is 4.33. The molecule has 2 rings (SSSR count). The van der Waals surface area contributed by atoms with E-state index in [1.165, 1.54) is 23.8 Å². The van der Waals surface area contributed by atoms with Crippen LogP contribution in [-0.4, -0.2) is 34.6 Å². The van der Waals surface area contributed by atoms with Crippen LogP contribution < -0.4 is 22.3 Å². The number of oxime groups is 1. The average Bonchev–Trinajstić information content (AvgIpc) is 2.51. The summed E-state index contributed by atoms with van der Waals surface area (Å²) in [6, 6.07) is 0. The zero-order valence-corrected chi connectivity index (χ0v) is 14.5. The van der Waals surface area contributed by atoms with Gasteiger partial charge in [-0.25, -0.2) is 0 Å². The zero-order valence-electron chi connectivity index (χ0n) is 14.5. The fourth-order valence-corrected chi connectivity index (χ4v) is 2.66. The van der Waals surface area contributed by atoms with Gasteiger partial charge in [-0.1, -0.05) is 19.3 Å². The summed E-state index contributed by atoms with van der Waals surface area (Å²) in [5.41, 5.74) is 11.2. The Hall–Kier alpha value is -2.58. The van der Waals surface area contributed by atoms with Crippen molar-refractivity contribution in [3.63, 3.8) is 0 Å². The molecule has 0 unspecified atom stereocenters. The van der Waals surface area contributed by atoms with Crippen molar-refractivity contribution in [3.8, 4) is 0 Å². The van der Waals surface area contributed by atoms with Gasteiger partial charge in [-0.2, -0.15) is 0 Å². The lowest BCUT2D eigenvalue weighted by molar-refractivity contribution is -0.122. The summed E-state index contributed by atoms with van der Waals surface area (Å²) in [7, 11) is 0. The van der Waals surface area contributed by atoms with Gasteiger partial charge in [-0.15, -0.1) is 0 Å². The number of amides is 1. The van der Waals surface area contributed by atoms with E-state index in [2.05, 4.69) is 15.5 Å². The lowest BCUT2D eigenvalue weighted by Gasteiger charge is -2.24. The molecule has 5 N–H and O–H groups in total. The van der Waals surface area contributed by atoms with Crippen LogP contribution in [0.25, 0.3) is 0 Å². The minimum absolute atomic E-state index is 0.0497. The third-order valence-corrected chi connectivity index (χ3v) is 4.33. The fourth-order valence-electron chi connectivity index (χ4n) is 2.66.